The van der Waals surface area contributed by atoms with Crippen LogP contribution in [0.5, 0.6) is 28.7 Å². The van der Waals surface area contributed by atoms with Crippen molar-refractivity contribution in [2.75, 3.05) is 14.2 Å². The highest BCUT2D eigenvalue weighted by atomic mass is 16.5. The van der Waals surface area contributed by atoms with Gasteiger partial charge >= 0.3 is 0 Å². The quantitative estimate of drug-likeness (QED) is 0.217. The summed E-state index contributed by atoms with van der Waals surface area (Å²) >= 11 is 0. The van der Waals surface area contributed by atoms with Gasteiger partial charge in [-0.1, -0.05) is 74.5 Å². The van der Waals surface area contributed by atoms with Gasteiger partial charge in [0.1, 0.15) is 24.6 Å². The Morgan fingerprint density at radius 1 is 0.605 bits per heavy atom. The summed E-state index contributed by atoms with van der Waals surface area (Å²) < 4.78 is 30.8. The summed E-state index contributed by atoms with van der Waals surface area (Å²) in [5, 5.41) is 0. The zero-order valence-corrected chi connectivity index (χ0v) is 22.5. The minimum Gasteiger partial charge on any atom is -0.493 e. The second-order valence-corrected chi connectivity index (χ2v) is 9.40. The van der Waals surface area contributed by atoms with E-state index in [2.05, 4.69) is 38.1 Å². The fraction of sp³-hybridized carbons (Fsp3) is 0.273. The van der Waals surface area contributed by atoms with Crippen molar-refractivity contribution in [3.63, 3.8) is 0 Å². The monoisotopic (exact) mass is 510 g/mol. The van der Waals surface area contributed by atoms with Crippen molar-refractivity contribution >= 4 is 0 Å². The maximum Gasteiger partial charge on any atom is 0.165 e. The molecule has 0 fully saturated rings. The third-order valence-electron chi connectivity index (χ3n) is 7.27. The molecule has 4 aromatic carbocycles. The Morgan fingerprint density at radius 3 is 1.61 bits per heavy atom. The summed E-state index contributed by atoms with van der Waals surface area (Å²) in [6.45, 7) is 5.20. The van der Waals surface area contributed by atoms with Crippen molar-refractivity contribution in [3.05, 3.63) is 102 Å². The first-order chi connectivity index (χ1) is 18.6. The largest absolute Gasteiger partial charge is 0.493 e. The van der Waals surface area contributed by atoms with Gasteiger partial charge in [-0.05, 0) is 47.7 Å². The van der Waals surface area contributed by atoms with Gasteiger partial charge in [-0.25, -0.2) is 0 Å². The van der Waals surface area contributed by atoms with E-state index in [1.807, 2.05) is 60.7 Å². The lowest BCUT2D eigenvalue weighted by atomic mass is 9.80. The van der Waals surface area contributed by atoms with Crippen LogP contribution < -0.4 is 23.7 Å². The molecule has 0 unspecified atom stereocenters. The summed E-state index contributed by atoms with van der Waals surface area (Å²) in [5.74, 6) is 3.44. The molecular weight excluding hydrogens is 476 g/mol. The van der Waals surface area contributed by atoms with E-state index in [4.69, 9.17) is 23.7 Å². The second kappa shape index (κ2) is 11.1. The van der Waals surface area contributed by atoms with Gasteiger partial charge in [0, 0.05) is 17.2 Å². The van der Waals surface area contributed by atoms with Crippen LogP contribution in [0, 0.1) is 0 Å². The smallest absolute Gasteiger partial charge is 0.165 e. The van der Waals surface area contributed by atoms with E-state index in [9.17, 15) is 0 Å². The van der Waals surface area contributed by atoms with E-state index in [1.165, 1.54) is 0 Å². The van der Waals surface area contributed by atoms with Crippen LogP contribution in [0.3, 0.4) is 0 Å². The molecule has 1 heterocycles. The van der Waals surface area contributed by atoms with Crippen LogP contribution in [-0.2, 0) is 18.8 Å². The molecule has 38 heavy (non-hydrogen) atoms. The summed E-state index contributed by atoms with van der Waals surface area (Å²) in [4.78, 5) is 0. The van der Waals surface area contributed by atoms with Gasteiger partial charge in [0.15, 0.2) is 23.0 Å². The van der Waals surface area contributed by atoms with Gasteiger partial charge in [0.05, 0.1) is 14.2 Å². The first-order valence-electron chi connectivity index (χ1n) is 13.1. The topological polar surface area (TPSA) is 46.2 Å². The molecule has 196 valence electrons. The Labute approximate surface area is 224 Å². The predicted molar refractivity (Wildman–Crippen MR) is 149 cm³/mol. The Bertz CT molecular complexity index is 1380. The molecule has 5 rings (SSSR count). The van der Waals surface area contributed by atoms with Gasteiger partial charge in [-0.15, -0.1) is 0 Å². The summed E-state index contributed by atoms with van der Waals surface area (Å²) in [6.07, 6.45) is 1.60. The molecule has 5 heteroatoms. The molecule has 0 N–H and O–H groups in total. The normalized spacial score (nSPS) is 13.1. The molecule has 0 spiro atoms. The van der Waals surface area contributed by atoms with Gasteiger partial charge in [-0.3, -0.25) is 0 Å². The molecule has 0 amide bonds. The standard InChI is InChI=1S/C33H34O5/c1-5-33(6-2)27-19-31(36-21-23-13-9-7-10-14-23)29(34-3)17-25(27)26-18-30(35-4)32(20-28(26)38-33)37-22-24-15-11-8-12-16-24/h7-20H,5-6,21-22H2,1-4H3. The van der Waals surface area contributed by atoms with E-state index in [0.717, 1.165) is 46.4 Å². The molecule has 4 aromatic rings. The van der Waals surface area contributed by atoms with Crippen molar-refractivity contribution in [1.82, 2.24) is 0 Å². The maximum atomic E-state index is 6.80. The molecule has 0 aromatic heterocycles. The number of hydrogen-bond acceptors (Lipinski definition) is 5. The second-order valence-electron chi connectivity index (χ2n) is 9.40. The zero-order valence-electron chi connectivity index (χ0n) is 22.5. The van der Waals surface area contributed by atoms with Crippen LogP contribution >= 0.6 is 0 Å². The Balaban J connectivity index is 1.56. The fourth-order valence-electron chi connectivity index (χ4n) is 5.05. The number of fused-ring (bicyclic) bond motifs is 3. The maximum absolute atomic E-state index is 6.80. The average molecular weight is 511 g/mol. The fourth-order valence-corrected chi connectivity index (χ4v) is 5.05. The van der Waals surface area contributed by atoms with Crippen molar-refractivity contribution in [3.8, 4) is 39.9 Å². The van der Waals surface area contributed by atoms with Gasteiger partial charge < -0.3 is 23.7 Å². The Hall–Kier alpha value is -4.12. The van der Waals surface area contributed by atoms with Crippen molar-refractivity contribution in [2.45, 2.75) is 45.5 Å². The molecule has 1 aliphatic heterocycles. The lowest BCUT2D eigenvalue weighted by molar-refractivity contribution is 0.0537. The minimum atomic E-state index is -0.509. The van der Waals surface area contributed by atoms with E-state index in [0.29, 0.717) is 36.2 Å². The summed E-state index contributed by atoms with van der Waals surface area (Å²) in [7, 11) is 3.33. The molecule has 0 saturated carbocycles. The van der Waals surface area contributed by atoms with Crippen LogP contribution in [-0.4, -0.2) is 14.2 Å². The highest BCUT2D eigenvalue weighted by Gasteiger charge is 2.40. The molecule has 0 bridgehead atoms. The number of hydrogen-bond donors (Lipinski definition) is 0. The molecular formula is C33H34O5. The van der Waals surface area contributed by atoms with E-state index >= 15 is 0 Å². The van der Waals surface area contributed by atoms with Gasteiger partial charge in [0.2, 0.25) is 0 Å². The van der Waals surface area contributed by atoms with Crippen molar-refractivity contribution in [2.24, 2.45) is 0 Å². The molecule has 0 atom stereocenters. The predicted octanol–water partition coefficient (Wildman–Crippen LogP) is 7.94. The molecule has 5 nitrogen and oxygen atoms in total. The third-order valence-corrected chi connectivity index (χ3v) is 7.27. The number of rotatable bonds is 10. The van der Waals surface area contributed by atoms with Crippen molar-refractivity contribution in [1.29, 1.82) is 0 Å². The van der Waals surface area contributed by atoms with E-state index < -0.39 is 5.60 Å². The first-order valence-corrected chi connectivity index (χ1v) is 13.1. The molecule has 0 aliphatic carbocycles. The van der Waals surface area contributed by atoms with Crippen LogP contribution in [0.2, 0.25) is 0 Å². The van der Waals surface area contributed by atoms with E-state index in [-0.39, 0.29) is 0 Å². The lowest BCUT2D eigenvalue weighted by Crippen LogP contribution is -2.35. The third kappa shape index (κ3) is 4.89. The van der Waals surface area contributed by atoms with Gasteiger partial charge in [-0.2, -0.15) is 0 Å². The zero-order chi connectivity index (χ0) is 26.5. The van der Waals surface area contributed by atoms with E-state index in [1.54, 1.807) is 14.2 Å². The highest BCUT2D eigenvalue weighted by molar-refractivity contribution is 5.81. The number of methoxy groups -OCH3 is 2. The first kappa shape index (κ1) is 25.5. The highest BCUT2D eigenvalue weighted by Crippen LogP contribution is 2.53. The Morgan fingerprint density at radius 2 is 1.11 bits per heavy atom. The number of benzene rings is 4. The number of ether oxygens (including phenoxy) is 5. The van der Waals surface area contributed by atoms with Crippen LogP contribution in [0.1, 0.15) is 43.4 Å². The summed E-state index contributed by atoms with van der Waals surface area (Å²) in [5.41, 5.74) is 4.74. The summed E-state index contributed by atoms with van der Waals surface area (Å²) in [6, 6.07) is 28.3. The SMILES string of the molecule is CCC1(CC)Oc2cc(OCc3ccccc3)c(OC)cc2-c2cc(OC)c(OCc3ccccc3)cc21. The van der Waals surface area contributed by atoms with Crippen LogP contribution in [0.15, 0.2) is 84.9 Å². The van der Waals surface area contributed by atoms with Crippen LogP contribution in [0.4, 0.5) is 0 Å². The average Bonchev–Trinajstić information content (AvgIpc) is 2.98. The molecule has 0 saturated heterocycles. The Kier molecular flexibility index (Phi) is 7.45. The van der Waals surface area contributed by atoms with Crippen LogP contribution in [0.25, 0.3) is 11.1 Å². The molecule has 1 aliphatic rings. The lowest BCUT2D eigenvalue weighted by Gasteiger charge is -2.40. The minimum absolute atomic E-state index is 0.440. The van der Waals surface area contributed by atoms with Crippen molar-refractivity contribution < 1.29 is 23.7 Å². The van der Waals surface area contributed by atoms with Gasteiger partial charge in [0.25, 0.3) is 0 Å². The molecule has 0 radical (unpaired) electrons.